The summed E-state index contributed by atoms with van der Waals surface area (Å²) in [6.45, 7) is 1.66. The molecular weight excluding hydrogens is 278 g/mol. The molecule has 0 aliphatic carbocycles. The van der Waals surface area contributed by atoms with Crippen molar-refractivity contribution in [2.45, 2.75) is 13.5 Å². The molecule has 0 fully saturated rings. The minimum absolute atomic E-state index is 0.0392. The molecule has 5 nitrogen and oxygen atoms in total. The van der Waals surface area contributed by atoms with Gasteiger partial charge in [-0.3, -0.25) is 9.59 Å². The predicted molar refractivity (Wildman–Crippen MR) is 82.8 cm³/mol. The molecular formula is C17H13N3O2. The van der Waals surface area contributed by atoms with E-state index in [9.17, 15) is 9.59 Å². The fourth-order valence-corrected chi connectivity index (χ4v) is 2.48. The number of nitrogens with one attached hydrogen (secondary N) is 1. The van der Waals surface area contributed by atoms with Gasteiger partial charge in [-0.15, -0.1) is 0 Å². The summed E-state index contributed by atoms with van der Waals surface area (Å²) in [6, 6.07) is 12.5. The number of pyridine rings is 1. The van der Waals surface area contributed by atoms with Crippen LogP contribution < -0.4 is 5.56 Å². The Morgan fingerprint density at radius 1 is 1.27 bits per heavy atom. The maximum atomic E-state index is 12.5. The largest absolute Gasteiger partial charge is 0.360 e. The normalized spacial score (nSPS) is 10.5. The molecule has 1 N–H and O–H groups in total. The van der Waals surface area contributed by atoms with Crippen molar-refractivity contribution in [3.63, 3.8) is 0 Å². The molecule has 3 aromatic rings. The first kappa shape index (κ1) is 13.8. The number of nitriles is 1. The summed E-state index contributed by atoms with van der Waals surface area (Å²) in [5, 5.41) is 9.77. The van der Waals surface area contributed by atoms with Crippen LogP contribution in [0.15, 0.2) is 47.4 Å². The van der Waals surface area contributed by atoms with Crippen LogP contribution in [0.3, 0.4) is 0 Å². The number of hydrogen-bond acceptors (Lipinski definition) is 3. The number of H-pyrrole nitrogens is 1. The molecule has 5 heteroatoms. The van der Waals surface area contributed by atoms with Crippen LogP contribution >= 0.6 is 0 Å². The molecule has 0 aliphatic heterocycles. The zero-order valence-electron chi connectivity index (χ0n) is 12.0. The van der Waals surface area contributed by atoms with Gasteiger partial charge in [0.05, 0.1) is 6.54 Å². The minimum atomic E-state index is -0.435. The van der Waals surface area contributed by atoms with E-state index < -0.39 is 5.56 Å². The Balaban J connectivity index is 2.03. The predicted octanol–water partition coefficient (Wildman–Crippen LogP) is 2.39. The Hall–Kier alpha value is -3.13. The number of nitrogens with zero attached hydrogens (tertiary/aromatic N) is 2. The van der Waals surface area contributed by atoms with E-state index in [2.05, 4.69) is 4.98 Å². The molecule has 0 bridgehead atoms. The van der Waals surface area contributed by atoms with Gasteiger partial charge in [0.2, 0.25) is 0 Å². The van der Waals surface area contributed by atoms with E-state index in [1.165, 1.54) is 10.6 Å². The van der Waals surface area contributed by atoms with Gasteiger partial charge in [-0.25, -0.2) is 0 Å². The van der Waals surface area contributed by atoms with Crippen LogP contribution in [0.25, 0.3) is 10.9 Å². The lowest BCUT2D eigenvalue weighted by Gasteiger charge is -2.09. The second kappa shape index (κ2) is 5.34. The first-order valence-electron chi connectivity index (χ1n) is 6.81. The topological polar surface area (TPSA) is 78.7 Å². The molecule has 2 aromatic heterocycles. The van der Waals surface area contributed by atoms with Gasteiger partial charge in [0, 0.05) is 28.4 Å². The number of carbonyl (C=O) groups excluding carboxylic acids is 1. The summed E-state index contributed by atoms with van der Waals surface area (Å²) >= 11 is 0. The fraction of sp³-hybridized carbons (Fsp3) is 0.118. The molecule has 0 radical (unpaired) electrons. The van der Waals surface area contributed by atoms with Crippen LogP contribution in [0.4, 0.5) is 0 Å². The zero-order valence-corrected chi connectivity index (χ0v) is 12.0. The maximum absolute atomic E-state index is 12.5. The van der Waals surface area contributed by atoms with E-state index in [1.54, 1.807) is 19.2 Å². The number of carbonyl (C=O) groups is 1. The average molecular weight is 291 g/mol. The summed E-state index contributed by atoms with van der Waals surface area (Å²) < 4.78 is 1.34. The second-order valence-corrected chi connectivity index (χ2v) is 5.06. The minimum Gasteiger partial charge on any atom is -0.360 e. The molecule has 1 aromatic carbocycles. The fourth-order valence-electron chi connectivity index (χ4n) is 2.48. The standard InChI is InChI=1S/C17H13N3O2/c1-11-6-7-12(8-18)17(22)20(11)10-16(21)14-9-19-15-5-3-2-4-13(14)15/h2-7,9,19H,10H2,1H3. The lowest BCUT2D eigenvalue weighted by atomic mass is 10.1. The highest BCUT2D eigenvalue weighted by molar-refractivity contribution is 6.07. The molecule has 0 atom stereocenters. The molecule has 0 saturated heterocycles. The maximum Gasteiger partial charge on any atom is 0.269 e. The van der Waals surface area contributed by atoms with Gasteiger partial charge in [0.25, 0.3) is 5.56 Å². The van der Waals surface area contributed by atoms with Gasteiger partial charge in [-0.05, 0) is 25.1 Å². The van der Waals surface area contributed by atoms with E-state index in [0.717, 1.165) is 10.9 Å². The average Bonchev–Trinajstić information content (AvgIpc) is 2.95. The van der Waals surface area contributed by atoms with Gasteiger partial charge in [-0.2, -0.15) is 5.26 Å². The third kappa shape index (κ3) is 2.21. The molecule has 0 unspecified atom stereocenters. The number of aryl methyl sites for hydroxylation is 1. The lowest BCUT2D eigenvalue weighted by Crippen LogP contribution is -2.27. The number of benzene rings is 1. The number of Topliss-reactive ketones (excluding diaryl/α,β-unsaturated/α-hetero) is 1. The second-order valence-electron chi connectivity index (χ2n) is 5.06. The van der Waals surface area contributed by atoms with Crippen molar-refractivity contribution >= 4 is 16.7 Å². The number of aromatic amines is 1. The molecule has 2 heterocycles. The third-order valence-corrected chi connectivity index (χ3v) is 3.70. The van der Waals surface area contributed by atoms with E-state index in [1.807, 2.05) is 30.3 Å². The van der Waals surface area contributed by atoms with E-state index in [0.29, 0.717) is 11.3 Å². The number of para-hydroxylation sites is 1. The summed E-state index contributed by atoms with van der Waals surface area (Å²) in [7, 11) is 0. The highest BCUT2D eigenvalue weighted by Crippen LogP contribution is 2.18. The molecule has 3 rings (SSSR count). The SMILES string of the molecule is Cc1ccc(C#N)c(=O)n1CC(=O)c1c[nH]c2ccccc12. The van der Waals surface area contributed by atoms with Gasteiger partial charge in [0.1, 0.15) is 11.6 Å². The van der Waals surface area contributed by atoms with Crippen molar-refractivity contribution in [3.8, 4) is 6.07 Å². The van der Waals surface area contributed by atoms with Crippen LogP contribution in [-0.4, -0.2) is 15.3 Å². The number of hydrogen-bond donors (Lipinski definition) is 1. The number of aromatic nitrogens is 2. The molecule has 0 aliphatic rings. The third-order valence-electron chi connectivity index (χ3n) is 3.70. The monoisotopic (exact) mass is 291 g/mol. The Kier molecular flexibility index (Phi) is 3.36. The van der Waals surface area contributed by atoms with Crippen molar-refractivity contribution in [2.75, 3.05) is 0 Å². The summed E-state index contributed by atoms with van der Waals surface area (Å²) in [5.41, 5.74) is 1.68. The molecule has 108 valence electrons. The van der Waals surface area contributed by atoms with E-state index in [-0.39, 0.29) is 17.9 Å². The van der Waals surface area contributed by atoms with Crippen LogP contribution in [0.5, 0.6) is 0 Å². The quantitative estimate of drug-likeness (QED) is 0.752. The van der Waals surface area contributed by atoms with Gasteiger partial charge >= 0.3 is 0 Å². The van der Waals surface area contributed by atoms with Crippen molar-refractivity contribution in [3.05, 3.63) is 69.8 Å². The molecule has 22 heavy (non-hydrogen) atoms. The van der Waals surface area contributed by atoms with Crippen molar-refractivity contribution < 1.29 is 4.79 Å². The molecule has 0 spiro atoms. The zero-order chi connectivity index (χ0) is 15.7. The van der Waals surface area contributed by atoms with E-state index in [4.69, 9.17) is 5.26 Å². The first-order chi connectivity index (χ1) is 10.6. The Labute approximate surface area is 126 Å². The van der Waals surface area contributed by atoms with Crippen LogP contribution in [-0.2, 0) is 6.54 Å². The van der Waals surface area contributed by atoms with Crippen LogP contribution in [0.2, 0.25) is 0 Å². The Morgan fingerprint density at radius 2 is 2.05 bits per heavy atom. The summed E-state index contributed by atoms with van der Waals surface area (Å²) in [6.07, 6.45) is 1.65. The Morgan fingerprint density at radius 3 is 2.82 bits per heavy atom. The molecule has 0 saturated carbocycles. The van der Waals surface area contributed by atoms with Crippen LogP contribution in [0, 0.1) is 18.3 Å². The smallest absolute Gasteiger partial charge is 0.269 e. The highest BCUT2D eigenvalue weighted by Gasteiger charge is 2.15. The van der Waals surface area contributed by atoms with E-state index >= 15 is 0 Å². The lowest BCUT2D eigenvalue weighted by molar-refractivity contribution is 0.0971. The van der Waals surface area contributed by atoms with Crippen molar-refractivity contribution in [1.82, 2.24) is 9.55 Å². The number of fused-ring (bicyclic) bond motifs is 1. The van der Waals surface area contributed by atoms with Crippen molar-refractivity contribution in [2.24, 2.45) is 0 Å². The summed E-state index contributed by atoms with van der Waals surface area (Å²) in [4.78, 5) is 27.7. The molecule has 0 amide bonds. The first-order valence-corrected chi connectivity index (χ1v) is 6.81. The van der Waals surface area contributed by atoms with Crippen LogP contribution in [0.1, 0.15) is 21.6 Å². The van der Waals surface area contributed by atoms with Gasteiger partial charge < -0.3 is 9.55 Å². The summed E-state index contributed by atoms with van der Waals surface area (Å²) in [5.74, 6) is -0.169. The number of rotatable bonds is 3. The highest BCUT2D eigenvalue weighted by atomic mass is 16.1. The Bertz CT molecular complexity index is 973. The van der Waals surface area contributed by atoms with Gasteiger partial charge in [0.15, 0.2) is 5.78 Å². The van der Waals surface area contributed by atoms with Crippen molar-refractivity contribution in [1.29, 1.82) is 5.26 Å². The number of ketones is 1. The van der Waals surface area contributed by atoms with Gasteiger partial charge in [-0.1, -0.05) is 18.2 Å².